The zero-order chi connectivity index (χ0) is 15.6. The van der Waals surface area contributed by atoms with Crippen LogP contribution in [0.25, 0.3) is 5.57 Å². The van der Waals surface area contributed by atoms with Gasteiger partial charge in [0, 0.05) is 49.1 Å². The van der Waals surface area contributed by atoms with E-state index in [1.54, 1.807) is 7.11 Å². The Morgan fingerprint density at radius 1 is 1.17 bits per heavy atom. The second kappa shape index (κ2) is 5.99. The van der Waals surface area contributed by atoms with E-state index in [-0.39, 0.29) is 0 Å². The van der Waals surface area contributed by atoms with Crippen molar-refractivity contribution in [1.29, 1.82) is 0 Å². The SMILES string of the molecule is COc1ccc2c(c1)NCC1CCN(Cc3ccccc3)C=C21. The highest BCUT2D eigenvalue weighted by molar-refractivity contribution is 5.81. The van der Waals surface area contributed by atoms with Crippen molar-refractivity contribution >= 4 is 11.3 Å². The molecule has 2 aliphatic rings. The lowest BCUT2D eigenvalue weighted by Crippen LogP contribution is -2.32. The van der Waals surface area contributed by atoms with Crippen LogP contribution in [0.3, 0.4) is 0 Å². The summed E-state index contributed by atoms with van der Waals surface area (Å²) in [6.45, 7) is 3.12. The topological polar surface area (TPSA) is 24.5 Å². The third-order valence-corrected chi connectivity index (χ3v) is 4.83. The fraction of sp³-hybridized carbons (Fsp3) is 0.300. The highest BCUT2D eigenvalue weighted by Crippen LogP contribution is 2.40. The minimum absolute atomic E-state index is 0.614. The molecule has 3 nitrogen and oxygen atoms in total. The lowest BCUT2D eigenvalue weighted by Gasteiger charge is -2.37. The van der Waals surface area contributed by atoms with Gasteiger partial charge >= 0.3 is 0 Å². The third-order valence-electron chi connectivity index (χ3n) is 4.83. The largest absolute Gasteiger partial charge is 0.497 e. The van der Waals surface area contributed by atoms with Crippen LogP contribution < -0.4 is 10.1 Å². The average Bonchev–Trinajstić information content (AvgIpc) is 2.62. The molecule has 4 rings (SSSR count). The quantitative estimate of drug-likeness (QED) is 0.928. The van der Waals surface area contributed by atoms with Crippen LogP contribution in [0.4, 0.5) is 5.69 Å². The van der Waals surface area contributed by atoms with Gasteiger partial charge in [-0.2, -0.15) is 0 Å². The van der Waals surface area contributed by atoms with Gasteiger partial charge in [0.15, 0.2) is 0 Å². The number of hydrogen-bond acceptors (Lipinski definition) is 3. The van der Waals surface area contributed by atoms with Gasteiger partial charge in [0.05, 0.1) is 7.11 Å². The van der Waals surface area contributed by atoms with Crippen molar-refractivity contribution in [2.75, 3.05) is 25.5 Å². The Morgan fingerprint density at radius 2 is 2.04 bits per heavy atom. The summed E-state index contributed by atoms with van der Waals surface area (Å²) in [6.07, 6.45) is 3.57. The highest BCUT2D eigenvalue weighted by atomic mass is 16.5. The van der Waals surface area contributed by atoms with E-state index >= 15 is 0 Å². The first-order chi connectivity index (χ1) is 11.3. The van der Waals surface area contributed by atoms with Gasteiger partial charge < -0.3 is 15.0 Å². The number of methoxy groups -OCH3 is 1. The van der Waals surface area contributed by atoms with Gasteiger partial charge in [-0.1, -0.05) is 30.3 Å². The molecule has 0 aromatic heterocycles. The predicted octanol–water partition coefficient (Wildman–Crippen LogP) is 3.98. The summed E-state index contributed by atoms with van der Waals surface area (Å²) in [5, 5.41) is 3.56. The van der Waals surface area contributed by atoms with E-state index in [0.717, 1.165) is 25.4 Å². The number of nitrogens with zero attached hydrogens (tertiary/aromatic N) is 1. The predicted molar refractivity (Wildman–Crippen MR) is 94.4 cm³/mol. The molecule has 1 unspecified atom stereocenters. The Morgan fingerprint density at radius 3 is 2.87 bits per heavy atom. The summed E-state index contributed by atoms with van der Waals surface area (Å²) in [5.74, 6) is 1.52. The number of benzene rings is 2. The van der Waals surface area contributed by atoms with Crippen LogP contribution in [-0.2, 0) is 6.54 Å². The number of hydrogen-bond donors (Lipinski definition) is 1. The minimum atomic E-state index is 0.614. The fourth-order valence-electron chi connectivity index (χ4n) is 3.57. The highest BCUT2D eigenvalue weighted by Gasteiger charge is 2.28. The second-order valence-corrected chi connectivity index (χ2v) is 6.32. The van der Waals surface area contributed by atoms with Crippen LogP contribution in [-0.4, -0.2) is 25.1 Å². The van der Waals surface area contributed by atoms with E-state index in [9.17, 15) is 0 Å². The van der Waals surface area contributed by atoms with Crippen LogP contribution in [0.5, 0.6) is 5.75 Å². The van der Waals surface area contributed by atoms with Gasteiger partial charge in [-0.05, 0) is 29.7 Å². The number of ether oxygens (including phenoxy) is 1. The summed E-state index contributed by atoms with van der Waals surface area (Å²) < 4.78 is 5.35. The molecule has 2 aromatic carbocycles. The molecule has 0 radical (unpaired) electrons. The van der Waals surface area contributed by atoms with Gasteiger partial charge in [0.2, 0.25) is 0 Å². The summed E-state index contributed by atoms with van der Waals surface area (Å²) in [5.41, 5.74) is 5.34. The zero-order valence-corrected chi connectivity index (χ0v) is 13.5. The van der Waals surface area contributed by atoms with Crippen LogP contribution in [0.1, 0.15) is 17.5 Å². The van der Waals surface area contributed by atoms with Crippen molar-refractivity contribution in [1.82, 2.24) is 4.90 Å². The molecule has 23 heavy (non-hydrogen) atoms. The fourth-order valence-corrected chi connectivity index (χ4v) is 3.57. The Hall–Kier alpha value is -2.42. The molecule has 2 heterocycles. The molecular formula is C20H22N2O. The van der Waals surface area contributed by atoms with Crippen LogP contribution >= 0.6 is 0 Å². The second-order valence-electron chi connectivity index (χ2n) is 6.32. The molecule has 118 valence electrons. The van der Waals surface area contributed by atoms with E-state index in [1.807, 2.05) is 0 Å². The van der Waals surface area contributed by atoms with Crippen molar-refractivity contribution in [3.63, 3.8) is 0 Å². The first kappa shape index (κ1) is 14.2. The van der Waals surface area contributed by atoms with E-state index in [4.69, 9.17) is 4.74 Å². The average molecular weight is 306 g/mol. The number of rotatable bonds is 3. The van der Waals surface area contributed by atoms with E-state index in [0.29, 0.717) is 5.92 Å². The maximum absolute atomic E-state index is 5.35. The summed E-state index contributed by atoms with van der Waals surface area (Å²) in [7, 11) is 1.72. The monoisotopic (exact) mass is 306 g/mol. The van der Waals surface area contributed by atoms with E-state index in [1.165, 1.54) is 28.8 Å². The normalized spacial score (nSPS) is 19.3. The standard InChI is InChI=1S/C20H22N2O/c1-23-17-7-8-18-19-14-22(13-15-5-3-2-4-6-15)10-9-16(19)12-21-20(18)11-17/h2-8,11,14,16,21H,9-10,12-13H2,1H3. The van der Waals surface area contributed by atoms with Gasteiger partial charge in [-0.25, -0.2) is 0 Å². The Bertz CT molecular complexity index is 724. The minimum Gasteiger partial charge on any atom is -0.497 e. The summed E-state index contributed by atoms with van der Waals surface area (Å²) in [4.78, 5) is 2.44. The molecule has 2 aliphatic heterocycles. The van der Waals surface area contributed by atoms with Crippen LogP contribution in [0, 0.1) is 5.92 Å². The lowest BCUT2D eigenvalue weighted by molar-refractivity contribution is 0.326. The molecule has 2 aromatic rings. The lowest BCUT2D eigenvalue weighted by atomic mass is 9.84. The molecule has 0 fully saturated rings. The first-order valence-corrected chi connectivity index (χ1v) is 8.25. The van der Waals surface area contributed by atoms with Crippen LogP contribution in [0.2, 0.25) is 0 Å². The molecule has 0 bridgehead atoms. The van der Waals surface area contributed by atoms with Gasteiger partial charge in [0.1, 0.15) is 5.75 Å². The number of anilines is 1. The van der Waals surface area contributed by atoms with Gasteiger partial charge in [-0.3, -0.25) is 0 Å². The first-order valence-electron chi connectivity index (χ1n) is 8.25. The zero-order valence-electron chi connectivity index (χ0n) is 13.5. The molecule has 1 atom stereocenters. The smallest absolute Gasteiger partial charge is 0.120 e. The molecule has 0 aliphatic carbocycles. The van der Waals surface area contributed by atoms with E-state index in [2.05, 4.69) is 64.9 Å². The Balaban J connectivity index is 1.63. The summed E-state index contributed by atoms with van der Waals surface area (Å²) >= 11 is 0. The van der Waals surface area contributed by atoms with Crippen molar-refractivity contribution in [3.05, 3.63) is 65.9 Å². The molecule has 1 N–H and O–H groups in total. The molecule has 3 heteroatoms. The molecule has 0 amide bonds. The Labute approximate surface area is 137 Å². The molecular weight excluding hydrogens is 284 g/mol. The van der Waals surface area contributed by atoms with Crippen LogP contribution in [0.15, 0.2) is 54.7 Å². The third kappa shape index (κ3) is 2.79. The van der Waals surface area contributed by atoms with E-state index < -0.39 is 0 Å². The van der Waals surface area contributed by atoms with Crippen molar-refractivity contribution in [3.8, 4) is 5.75 Å². The van der Waals surface area contributed by atoms with Gasteiger partial charge in [-0.15, -0.1) is 0 Å². The van der Waals surface area contributed by atoms with Crippen molar-refractivity contribution in [2.45, 2.75) is 13.0 Å². The molecule has 0 saturated heterocycles. The number of nitrogens with one attached hydrogen (secondary N) is 1. The maximum atomic E-state index is 5.35. The van der Waals surface area contributed by atoms with Crippen molar-refractivity contribution < 1.29 is 4.74 Å². The maximum Gasteiger partial charge on any atom is 0.120 e. The Kier molecular flexibility index (Phi) is 3.70. The molecule has 0 saturated carbocycles. The number of fused-ring (bicyclic) bond motifs is 3. The van der Waals surface area contributed by atoms with Crippen molar-refractivity contribution in [2.24, 2.45) is 5.92 Å². The van der Waals surface area contributed by atoms with Gasteiger partial charge in [0.25, 0.3) is 0 Å². The summed E-state index contributed by atoms with van der Waals surface area (Å²) in [6, 6.07) is 17.0. The molecule has 0 spiro atoms.